The minimum atomic E-state index is -0.979. The van der Waals surface area contributed by atoms with Gasteiger partial charge in [0.2, 0.25) is 0 Å². The van der Waals surface area contributed by atoms with Crippen LogP contribution in [-0.2, 0) is 9.53 Å². The summed E-state index contributed by atoms with van der Waals surface area (Å²) in [5.74, 6) is -0.636. The van der Waals surface area contributed by atoms with Crippen molar-refractivity contribution < 1.29 is 13.9 Å². The van der Waals surface area contributed by atoms with Gasteiger partial charge in [0.15, 0.2) is 6.67 Å². The molecule has 0 spiro atoms. The molecule has 0 unspecified atom stereocenters. The van der Waals surface area contributed by atoms with Gasteiger partial charge in [-0.15, -0.1) is 0 Å². The van der Waals surface area contributed by atoms with Gasteiger partial charge in [-0.3, -0.25) is 4.79 Å². The molecule has 1 amide bonds. The highest BCUT2D eigenvalue weighted by Gasteiger charge is 1.94. The first-order valence-corrected chi connectivity index (χ1v) is 2.71. The number of carbonyl (C=O) groups is 1. The van der Waals surface area contributed by atoms with Crippen molar-refractivity contribution in [3.8, 4) is 0 Å². The fourth-order valence-corrected chi connectivity index (χ4v) is 0.281. The van der Waals surface area contributed by atoms with Crippen LogP contribution in [0.15, 0.2) is 0 Å². The Balaban J connectivity index is 2.97. The first-order chi connectivity index (χ1) is 4.31. The SMILES string of the molecule is CCOCNC(=O)CF. The lowest BCUT2D eigenvalue weighted by molar-refractivity contribution is -0.123. The van der Waals surface area contributed by atoms with E-state index in [0.29, 0.717) is 6.61 Å². The van der Waals surface area contributed by atoms with Crippen molar-refractivity contribution in [1.82, 2.24) is 5.32 Å². The number of carbonyl (C=O) groups excluding carboxylic acids is 1. The molecule has 0 aliphatic carbocycles. The van der Waals surface area contributed by atoms with Crippen molar-refractivity contribution in [1.29, 1.82) is 0 Å². The summed E-state index contributed by atoms with van der Waals surface area (Å²) in [6.07, 6.45) is 0. The first-order valence-electron chi connectivity index (χ1n) is 2.71. The van der Waals surface area contributed by atoms with Crippen molar-refractivity contribution in [3.63, 3.8) is 0 Å². The van der Waals surface area contributed by atoms with Crippen LogP contribution >= 0.6 is 0 Å². The van der Waals surface area contributed by atoms with Crippen LogP contribution < -0.4 is 5.32 Å². The Morgan fingerprint density at radius 2 is 2.44 bits per heavy atom. The van der Waals surface area contributed by atoms with Gasteiger partial charge in [-0.25, -0.2) is 4.39 Å². The highest BCUT2D eigenvalue weighted by atomic mass is 19.1. The minimum absolute atomic E-state index is 0.0965. The molecule has 9 heavy (non-hydrogen) atoms. The van der Waals surface area contributed by atoms with Crippen LogP contribution in [0.1, 0.15) is 6.92 Å². The van der Waals surface area contributed by atoms with Gasteiger partial charge in [-0.2, -0.15) is 0 Å². The number of amides is 1. The molecule has 1 N–H and O–H groups in total. The summed E-state index contributed by atoms with van der Waals surface area (Å²) in [6.45, 7) is 1.43. The van der Waals surface area contributed by atoms with E-state index in [-0.39, 0.29) is 6.73 Å². The molecule has 0 atom stereocenters. The van der Waals surface area contributed by atoms with Gasteiger partial charge >= 0.3 is 0 Å². The quantitative estimate of drug-likeness (QED) is 0.437. The number of halogens is 1. The van der Waals surface area contributed by atoms with E-state index in [1.807, 2.05) is 0 Å². The zero-order chi connectivity index (χ0) is 7.11. The Labute approximate surface area is 53.2 Å². The molecule has 0 aliphatic rings. The molecule has 0 rings (SSSR count). The van der Waals surface area contributed by atoms with E-state index < -0.39 is 12.6 Å². The maximum absolute atomic E-state index is 11.3. The summed E-state index contributed by atoms with van der Waals surface area (Å²) < 4.78 is 16.1. The topological polar surface area (TPSA) is 38.3 Å². The third-order valence-electron chi connectivity index (χ3n) is 0.697. The fourth-order valence-electron chi connectivity index (χ4n) is 0.281. The van der Waals surface area contributed by atoms with Crippen molar-refractivity contribution in [3.05, 3.63) is 0 Å². The largest absolute Gasteiger partial charge is 0.362 e. The molecular weight excluding hydrogens is 125 g/mol. The lowest BCUT2D eigenvalue weighted by Gasteiger charge is -1.99. The van der Waals surface area contributed by atoms with Crippen molar-refractivity contribution in [2.45, 2.75) is 6.92 Å². The molecule has 0 aromatic heterocycles. The summed E-state index contributed by atoms with van der Waals surface area (Å²) in [7, 11) is 0. The molecule has 0 aliphatic heterocycles. The average molecular weight is 135 g/mol. The van der Waals surface area contributed by atoms with E-state index in [1.165, 1.54) is 0 Å². The maximum atomic E-state index is 11.3. The van der Waals surface area contributed by atoms with Crippen LogP contribution in [0, 0.1) is 0 Å². The van der Waals surface area contributed by atoms with Gasteiger partial charge in [0.05, 0.1) is 0 Å². The number of rotatable bonds is 4. The Kier molecular flexibility index (Phi) is 5.11. The Bertz CT molecular complexity index is 87.0. The van der Waals surface area contributed by atoms with E-state index in [9.17, 15) is 9.18 Å². The number of hydrogen-bond acceptors (Lipinski definition) is 2. The molecule has 0 fully saturated rings. The van der Waals surface area contributed by atoms with E-state index in [4.69, 9.17) is 4.74 Å². The molecule has 0 saturated heterocycles. The third-order valence-corrected chi connectivity index (χ3v) is 0.697. The summed E-state index contributed by atoms with van der Waals surface area (Å²) in [5, 5.41) is 2.20. The molecular formula is C5H10FNO2. The van der Waals surface area contributed by atoms with Crippen LogP contribution in [0.2, 0.25) is 0 Å². The van der Waals surface area contributed by atoms with Crippen LogP contribution in [-0.4, -0.2) is 25.9 Å². The molecule has 0 aromatic rings. The Morgan fingerprint density at radius 3 is 2.89 bits per heavy atom. The smallest absolute Gasteiger partial charge is 0.253 e. The number of alkyl halides is 1. The lowest BCUT2D eigenvalue weighted by atomic mass is 10.7. The van der Waals surface area contributed by atoms with Crippen LogP contribution in [0.25, 0.3) is 0 Å². The highest BCUT2D eigenvalue weighted by Crippen LogP contribution is 1.70. The second-order valence-corrected chi connectivity index (χ2v) is 1.37. The van der Waals surface area contributed by atoms with E-state index >= 15 is 0 Å². The van der Waals surface area contributed by atoms with E-state index in [1.54, 1.807) is 6.92 Å². The van der Waals surface area contributed by atoms with Gasteiger partial charge in [-0.1, -0.05) is 0 Å². The van der Waals surface area contributed by atoms with Crippen molar-refractivity contribution >= 4 is 5.91 Å². The van der Waals surface area contributed by atoms with Crippen molar-refractivity contribution in [2.75, 3.05) is 20.0 Å². The standard InChI is InChI=1S/C5H10FNO2/c1-2-9-4-7-5(8)3-6/h2-4H2,1H3,(H,7,8). The molecule has 4 heteroatoms. The van der Waals surface area contributed by atoms with E-state index in [0.717, 1.165) is 0 Å². The van der Waals surface area contributed by atoms with Gasteiger partial charge in [-0.05, 0) is 6.92 Å². The summed E-state index contributed by atoms with van der Waals surface area (Å²) >= 11 is 0. The van der Waals surface area contributed by atoms with Crippen LogP contribution in [0.5, 0.6) is 0 Å². The van der Waals surface area contributed by atoms with Gasteiger partial charge in [0.1, 0.15) is 6.73 Å². The molecule has 0 saturated carbocycles. The molecule has 0 bridgehead atoms. The molecule has 0 radical (unpaired) electrons. The zero-order valence-electron chi connectivity index (χ0n) is 5.32. The highest BCUT2D eigenvalue weighted by molar-refractivity contribution is 5.76. The molecule has 54 valence electrons. The third kappa shape index (κ3) is 5.23. The van der Waals surface area contributed by atoms with Gasteiger partial charge < -0.3 is 10.1 Å². The lowest BCUT2D eigenvalue weighted by Crippen LogP contribution is -2.27. The monoisotopic (exact) mass is 135 g/mol. The number of nitrogens with one attached hydrogen (secondary N) is 1. The number of ether oxygens (including phenoxy) is 1. The van der Waals surface area contributed by atoms with Gasteiger partial charge in [0, 0.05) is 6.61 Å². The summed E-state index contributed by atoms with van der Waals surface area (Å²) in [4.78, 5) is 10.1. The minimum Gasteiger partial charge on any atom is -0.362 e. The first kappa shape index (κ1) is 8.36. The Morgan fingerprint density at radius 1 is 1.78 bits per heavy atom. The normalized spacial score (nSPS) is 9.11. The number of hydrogen-bond donors (Lipinski definition) is 1. The van der Waals surface area contributed by atoms with Crippen molar-refractivity contribution in [2.24, 2.45) is 0 Å². The van der Waals surface area contributed by atoms with Crippen LogP contribution in [0.3, 0.4) is 0 Å². The fraction of sp³-hybridized carbons (Fsp3) is 0.800. The average Bonchev–Trinajstić information content (AvgIpc) is 1.89. The second kappa shape index (κ2) is 5.50. The second-order valence-electron chi connectivity index (χ2n) is 1.37. The van der Waals surface area contributed by atoms with E-state index in [2.05, 4.69) is 5.32 Å². The molecule has 0 aromatic carbocycles. The predicted molar refractivity (Wildman–Crippen MR) is 30.6 cm³/mol. The Hall–Kier alpha value is -0.640. The zero-order valence-corrected chi connectivity index (χ0v) is 5.32. The van der Waals surface area contributed by atoms with Crippen LogP contribution in [0.4, 0.5) is 4.39 Å². The molecule has 3 nitrogen and oxygen atoms in total. The molecule has 0 heterocycles. The maximum Gasteiger partial charge on any atom is 0.253 e. The summed E-state index contributed by atoms with van der Waals surface area (Å²) in [5.41, 5.74) is 0. The van der Waals surface area contributed by atoms with Gasteiger partial charge in [0.25, 0.3) is 5.91 Å². The summed E-state index contributed by atoms with van der Waals surface area (Å²) in [6, 6.07) is 0. The predicted octanol–water partition coefficient (Wildman–Crippen LogP) is 0.0661.